The Morgan fingerprint density at radius 1 is 1.06 bits per heavy atom. The molecule has 1 fully saturated rings. The minimum Gasteiger partial charge on any atom is -0.496 e. The zero-order valence-electron chi connectivity index (χ0n) is 19.8. The molecule has 2 N–H and O–H groups in total. The monoisotopic (exact) mass is 460 g/mol. The number of carbonyl (C=O) groups is 1. The normalized spacial score (nSPS) is 20.7. The van der Waals surface area contributed by atoms with E-state index in [1.165, 1.54) is 12.1 Å². The number of likely N-dealkylation sites (tertiary alicyclic amines) is 1. The molecule has 0 amide bonds. The molecule has 34 heavy (non-hydrogen) atoms. The number of ether oxygens (including phenoxy) is 1. The lowest BCUT2D eigenvalue weighted by Gasteiger charge is -2.50. The molecule has 0 aromatic heterocycles. The Hall–Kier alpha value is -3.02. The third kappa shape index (κ3) is 5.21. The molecule has 0 saturated carbocycles. The van der Waals surface area contributed by atoms with Crippen LogP contribution in [0.2, 0.25) is 0 Å². The van der Waals surface area contributed by atoms with Gasteiger partial charge in [-0.2, -0.15) is 0 Å². The highest BCUT2D eigenvalue weighted by atomic mass is 19.1. The molecule has 2 atom stereocenters. The number of halogens is 1. The highest BCUT2D eigenvalue weighted by Gasteiger charge is 2.44. The second kappa shape index (κ2) is 10.9. The van der Waals surface area contributed by atoms with Crippen LogP contribution in [0.4, 0.5) is 4.39 Å². The topological polar surface area (TPSA) is 55.6 Å². The fourth-order valence-electron chi connectivity index (χ4n) is 5.22. The number of para-hydroxylation sites is 1. The lowest BCUT2D eigenvalue weighted by molar-refractivity contribution is -0.00786. The molecule has 1 heterocycles. The second-order valence-corrected chi connectivity index (χ2v) is 9.07. The molecule has 0 unspecified atom stereocenters. The number of hydrogen-bond acceptors (Lipinski definition) is 4. The predicted octanol–water partition coefficient (Wildman–Crippen LogP) is 5.56. The van der Waals surface area contributed by atoms with Crippen molar-refractivity contribution < 1.29 is 13.9 Å². The molecule has 178 valence electrons. The first-order valence-electron chi connectivity index (χ1n) is 12.0. The van der Waals surface area contributed by atoms with Gasteiger partial charge in [0.05, 0.1) is 12.8 Å². The van der Waals surface area contributed by atoms with Crippen LogP contribution in [0.1, 0.15) is 47.2 Å². The van der Waals surface area contributed by atoms with Gasteiger partial charge in [0.2, 0.25) is 0 Å². The largest absolute Gasteiger partial charge is 0.496 e. The number of hydrogen-bond donors (Lipinski definition) is 1. The first-order valence-corrected chi connectivity index (χ1v) is 12.0. The van der Waals surface area contributed by atoms with Crippen LogP contribution in [-0.4, -0.2) is 30.9 Å². The van der Waals surface area contributed by atoms with Crippen molar-refractivity contribution in [2.45, 2.75) is 37.8 Å². The molecule has 0 aliphatic carbocycles. The second-order valence-electron chi connectivity index (χ2n) is 9.07. The lowest BCUT2D eigenvalue weighted by Crippen LogP contribution is -2.61. The van der Waals surface area contributed by atoms with Gasteiger partial charge >= 0.3 is 0 Å². The fourth-order valence-corrected chi connectivity index (χ4v) is 5.22. The summed E-state index contributed by atoms with van der Waals surface area (Å²) in [5.74, 6) is 0.791. The van der Waals surface area contributed by atoms with Crippen molar-refractivity contribution in [1.82, 2.24) is 4.90 Å². The summed E-state index contributed by atoms with van der Waals surface area (Å²) in [4.78, 5) is 15.0. The van der Waals surface area contributed by atoms with Gasteiger partial charge in [-0.15, -0.1) is 0 Å². The molecular formula is C29H33FN2O2. The van der Waals surface area contributed by atoms with Crippen LogP contribution in [0.5, 0.6) is 5.75 Å². The third-order valence-corrected chi connectivity index (χ3v) is 7.02. The van der Waals surface area contributed by atoms with Gasteiger partial charge in [-0.05, 0) is 73.1 Å². The van der Waals surface area contributed by atoms with E-state index in [9.17, 15) is 9.18 Å². The standard InChI is InChI=1S/C29H33FN2O2/c1-34-28-14-6-5-9-23(28)21-25-12-7-19-32(29(25,31)24-10-3-2-4-11-24)20-8-13-27(33)22-15-17-26(30)18-16-22/h2-6,9-11,14-18,25H,7-8,12-13,19-21,31H2,1H3/t25-,29+/m0/s1. The van der Waals surface area contributed by atoms with Crippen LogP contribution in [0.15, 0.2) is 78.9 Å². The van der Waals surface area contributed by atoms with Crippen LogP contribution in [-0.2, 0) is 12.1 Å². The highest BCUT2D eigenvalue weighted by molar-refractivity contribution is 5.95. The van der Waals surface area contributed by atoms with E-state index >= 15 is 0 Å². The van der Waals surface area contributed by atoms with Crippen LogP contribution in [0.3, 0.4) is 0 Å². The van der Waals surface area contributed by atoms with Crippen molar-refractivity contribution >= 4 is 5.78 Å². The molecule has 0 radical (unpaired) electrons. The van der Waals surface area contributed by atoms with Crippen LogP contribution in [0.25, 0.3) is 0 Å². The van der Waals surface area contributed by atoms with Crippen molar-refractivity contribution in [3.63, 3.8) is 0 Å². The maximum absolute atomic E-state index is 13.2. The van der Waals surface area contributed by atoms with E-state index in [1.807, 2.05) is 36.4 Å². The van der Waals surface area contributed by atoms with E-state index in [4.69, 9.17) is 10.5 Å². The molecule has 1 aliphatic heterocycles. The van der Waals surface area contributed by atoms with Crippen LogP contribution < -0.4 is 10.5 Å². The number of carbonyl (C=O) groups excluding carboxylic acids is 1. The van der Waals surface area contributed by atoms with E-state index in [-0.39, 0.29) is 17.5 Å². The van der Waals surface area contributed by atoms with Crippen molar-refractivity contribution in [1.29, 1.82) is 0 Å². The number of nitrogens with two attached hydrogens (primary N) is 1. The Labute approximate surface area is 201 Å². The Bertz CT molecular complexity index is 1090. The average Bonchev–Trinajstić information content (AvgIpc) is 2.87. The van der Waals surface area contributed by atoms with Gasteiger partial charge in [-0.25, -0.2) is 4.39 Å². The Morgan fingerprint density at radius 3 is 2.50 bits per heavy atom. The Balaban J connectivity index is 1.53. The first-order chi connectivity index (χ1) is 16.5. The van der Waals surface area contributed by atoms with Crippen molar-refractivity contribution in [2.75, 3.05) is 20.2 Å². The number of Topliss-reactive ketones (excluding diaryl/α,β-unsaturated/α-hetero) is 1. The minimum absolute atomic E-state index is 0.0323. The van der Waals surface area contributed by atoms with Gasteiger partial charge in [-0.1, -0.05) is 48.5 Å². The predicted molar refractivity (Wildman–Crippen MR) is 133 cm³/mol. The molecule has 1 saturated heterocycles. The van der Waals surface area contributed by atoms with Crippen molar-refractivity contribution in [3.05, 3.63) is 101 Å². The summed E-state index contributed by atoms with van der Waals surface area (Å²) < 4.78 is 18.8. The maximum Gasteiger partial charge on any atom is 0.162 e. The number of ketones is 1. The number of methoxy groups -OCH3 is 1. The number of benzene rings is 3. The van der Waals surface area contributed by atoms with Crippen LogP contribution in [0, 0.1) is 11.7 Å². The van der Waals surface area contributed by atoms with Gasteiger partial charge in [0, 0.05) is 25.1 Å². The molecule has 4 rings (SSSR count). The molecular weight excluding hydrogens is 427 g/mol. The van der Waals surface area contributed by atoms with Gasteiger partial charge in [0.1, 0.15) is 11.6 Å². The summed E-state index contributed by atoms with van der Waals surface area (Å²) in [5.41, 5.74) is 9.48. The summed E-state index contributed by atoms with van der Waals surface area (Å²) in [6, 6.07) is 24.2. The summed E-state index contributed by atoms with van der Waals surface area (Å²) in [5, 5.41) is 0. The van der Waals surface area contributed by atoms with Gasteiger partial charge in [0.15, 0.2) is 5.78 Å². The number of rotatable bonds is 9. The van der Waals surface area contributed by atoms with Crippen molar-refractivity contribution in [2.24, 2.45) is 11.7 Å². The number of piperidine rings is 1. The SMILES string of the molecule is COc1ccccc1C[C@@H]1CCCN(CCCC(=O)c2ccc(F)cc2)[C@]1(N)c1ccccc1. The molecule has 0 spiro atoms. The summed E-state index contributed by atoms with van der Waals surface area (Å²) >= 11 is 0. The smallest absolute Gasteiger partial charge is 0.162 e. The zero-order valence-corrected chi connectivity index (χ0v) is 19.8. The lowest BCUT2D eigenvalue weighted by atomic mass is 9.75. The molecule has 4 nitrogen and oxygen atoms in total. The molecule has 1 aliphatic rings. The fraction of sp³-hybridized carbons (Fsp3) is 0.345. The van der Waals surface area contributed by atoms with Crippen molar-refractivity contribution in [3.8, 4) is 5.75 Å². The quantitative estimate of drug-likeness (QED) is 0.425. The van der Waals surface area contributed by atoms with Gasteiger partial charge < -0.3 is 10.5 Å². The molecule has 5 heteroatoms. The summed E-state index contributed by atoms with van der Waals surface area (Å²) in [6.07, 6.45) is 4.00. The highest BCUT2D eigenvalue weighted by Crippen LogP contribution is 2.41. The third-order valence-electron chi connectivity index (χ3n) is 7.02. The maximum atomic E-state index is 13.2. The van der Waals surface area contributed by atoms with E-state index in [0.29, 0.717) is 18.4 Å². The average molecular weight is 461 g/mol. The van der Waals surface area contributed by atoms with Crippen LogP contribution >= 0.6 is 0 Å². The van der Waals surface area contributed by atoms with E-state index in [0.717, 1.165) is 49.2 Å². The number of nitrogens with zero attached hydrogens (tertiary/aromatic N) is 1. The Kier molecular flexibility index (Phi) is 7.76. The first kappa shape index (κ1) is 24.1. The van der Waals surface area contributed by atoms with E-state index in [1.54, 1.807) is 19.2 Å². The molecule has 3 aromatic rings. The zero-order chi connectivity index (χ0) is 24.0. The van der Waals surface area contributed by atoms with Gasteiger partial charge in [0.25, 0.3) is 0 Å². The summed E-state index contributed by atoms with van der Waals surface area (Å²) in [7, 11) is 1.71. The van der Waals surface area contributed by atoms with E-state index < -0.39 is 5.66 Å². The minimum atomic E-state index is -0.640. The summed E-state index contributed by atoms with van der Waals surface area (Å²) in [6.45, 7) is 1.61. The Morgan fingerprint density at radius 2 is 1.76 bits per heavy atom. The molecule has 3 aromatic carbocycles. The molecule has 0 bridgehead atoms. The van der Waals surface area contributed by atoms with Gasteiger partial charge in [-0.3, -0.25) is 9.69 Å². The van der Waals surface area contributed by atoms with E-state index in [2.05, 4.69) is 23.1 Å².